The first-order valence-corrected chi connectivity index (χ1v) is 39.5. The predicted octanol–water partition coefficient (Wildman–Crippen LogP) is 30.0. The number of aromatic nitrogens is 6. The maximum Gasteiger partial charge on any atom is 0.0130 e. The maximum atomic E-state index is 4.84. The van der Waals surface area contributed by atoms with Crippen molar-refractivity contribution in [2.75, 3.05) is 0 Å². The van der Waals surface area contributed by atoms with Crippen molar-refractivity contribution < 1.29 is 98.1 Å². The maximum absolute atomic E-state index is 4.84. The zero-order valence-corrected chi connectivity index (χ0v) is 79.1. The minimum atomic E-state index is 0. The summed E-state index contributed by atoms with van der Waals surface area (Å²) in [4.78, 5) is 28.0. The van der Waals surface area contributed by atoms with Gasteiger partial charge in [0.25, 0.3) is 0 Å². The Balaban J connectivity index is -0.00000128. The average molecular weight is 1670 g/mol. The van der Waals surface area contributed by atoms with Crippen LogP contribution in [-0.4, -0.2) is 29.9 Å². The Morgan fingerprint density at radius 3 is 0.907 bits per heavy atom. The molecule has 108 heavy (non-hydrogen) atoms. The summed E-state index contributed by atoms with van der Waals surface area (Å²) in [5.74, 6) is 0. The van der Waals surface area contributed by atoms with Gasteiger partial charge in [0.15, 0.2) is 0 Å². The van der Waals surface area contributed by atoms with Crippen LogP contribution in [0.2, 0.25) is 0 Å². The third kappa shape index (κ3) is 35.3. The largest absolute Gasteiger partial charge is 0.448 e. The number of hydrogen-bond acceptors (Lipinski definition) is 6. The third-order valence-corrected chi connectivity index (χ3v) is 13.6. The van der Waals surface area contributed by atoms with E-state index in [4.69, 9.17) is 15.0 Å². The standard InChI is InChI=1S/3C23H14N2.6C3H8.6C2H6.3Y/c1-3-10-20-16(6-1)8-5-9-18(20)14-19-15-24-23-21-11-4-2-7-17(21)12-13-22(23)25-19;1-2-7-19-13-16(9-10-17(19)5-1)14-20-15-24-23-21-8-4-3-6-18(21)11-12-22(23)25-20;1-2-7-19-13-16(9-10-17(19)5-1)14-20-15-24-22-12-11-18-6-3-4-8-21(18)23(22)25-20;6*1-3-2;6*1-2;;;/h1-8,10-13H,14H2;2*1-12H,14H2;6*3H2,1-2H3;6*1-2H3;;;/q3*-2;;;;;;;;;;;;;;;. The number of benzene rings is 12. The molecule has 15 rings (SSSR count). The first-order valence-electron chi connectivity index (χ1n) is 39.5. The van der Waals surface area contributed by atoms with Crippen molar-refractivity contribution >= 4 is 97.7 Å². The van der Waals surface area contributed by atoms with Crippen LogP contribution in [0.5, 0.6) is 0 Å². The molecule has 0 N–H and O–H groups in total. The minimum Gasteiger partial charge on any atom is -0.448 e. The van der Waals surface area contributed by atoms with E-state index in [1.165, 1.54) is 76.2 Å². The van der Waals surface area contributed by atoms with Gasteiger partial charge in [0, 0.05) is 115 Å². The molecule has 0 saturated carbocycles. The normalized spacial score (nSPS) is 9.22. The van der Waals surface area contributed by atoms with E-state index >= 15 is 0 Å². The molecule has 15 aromatic rings. The molecule has 9 heteroatoms. The van der Waals surface area contributed by atoms with Gasteiger partial charge in [0.05, 0.1) is 0 Å². The van der Waals surface area contributed by atoms with E-state index in [1.54, 1.807) is 0 Å². The Bertz CT molecular complexity index is 4720. The molecular formula is C99H126N6Y3-6. The summed E-state index contributed by atoms with van der Waals surface area (Å²) in [5.41, 5.74) is 11.3. The number of fused-ring (bicyclic) bond motifs is 12. The molecule has 3 heterocycles. The quantitative estimate of drug-likeness (QED) is 0.122. The van der Waals surface area contributed by atoms with Gasteiger partial charge < -0.3 is 15.0 Å². The second kappa shape index (κ2) is 66.3. The van der Waals surface area contributed by atoms with Gasteiger partial charge in [-0.15, -0.1) is 135 Å². The van der Waals surface area contributed by atoms with Gasteiger partial charge in [-0.2, -0.15) is 23.8 Å². The second-order valence-electron chi connectivity index (χ2n) is 22.8. The summed E-state index contributed by atoms with van der Waals surface area (Å²) in [6, 6.07) is 84.8. The van der Waals surface area contributed by atoms with Gasteiger partial charge >= 0.3 is 0 Å². The predicted molar refractivity (Wildman–Crippen MR) is 468 cm³/mol. The number of hydrogen-bond donors (Lipinski definition) is 0. The molecule has 3 aromatic heterocycles. The fraction of sp³-hybridized carbons (Fsp3) is 0.333. The van der Waals surface area contributed by atoms with Crippen LogP contribution < -0.4 is 0 Å². The van der Waals surface area contributed by atoms with Crippen molar-refractivity contribution in [3.8, 4) is 0 Å². The summed E-state index contributed by atoms with van der Waals surface area (Å²) >= 11 is 0. The van der Waals surface area contributed by atoms with E-state index in [2.05, 4.69) is 268 Å². The smallest absolute Gasteiger partial charge is 0.0130 e. The molecule has 0 bridgehead atoms. The van der Waals surface area contributed by atoms with Crippen molar-refractivity contribution in [3.63, 3.8) is 0 Å². The Morgan fingerprint density at radius 2 is 0.528 bits per heavy atom. The molecule has 6 nitrogen and oxygen atoms in total. The third-order valence-electron chi connectivity index (χ3n) is 13.6. The molecule has 0 spiro atoms. The van der Waals surface area contributed by atoms with E-state index in [1.807, 2.05) is 168 Å². The molecule has 0 fully saturated rings. The summed E-state index contributed by atoms with van der Waals surface area (Å²) < 4.78 is 0. The van der Waals surface area contributed by atoms with E-state index in [0.29, 0.717) is 19.3 Å². The Morgan fingerprint density at radius 1 is 0.250 bits per heavy atom. The first kappa shape index (κ1) is 106. The van der Waals surface area contributed by atoms with Crippen LogP contribution in [0.15, 0.2) is 218 Å². The van der Waals surface area contributed by atoms with Gasteiger partial charge in [-0.3, -0.25) is 15.0 Å². The molecular weight excluding hydrogens is 1540 g/mol. The van der Waals surface area contributed by atoms with Gasteiger partial charge in [0.1, 0.15) is 0 Å². The SMILES string of the molecule is CC.CC.CC.CC.CC.CC.CCC.CCC.CCC.CCC.CCC.CCC.[Y].[Y].[Y].[c-]1nc2c(ccc3ccccc32)nc1Cc1[c-]c2ccccc2cc1.[c-]1nc2c(ccc3ccccc32)nc1Cc1[c-]ccc2ccccc12.[c-]1nc2ccc3ccccc3c2nc1Cc1[c-]c2ccccc2cc1. The molecule has 0 aliphatic heterocycles. The fourth-order valence-corrected chi connectivity index (χ4v) is 9.89. The summed E-state index contributed by atoms with van der Waals surface area (Å²) in [6.45, 7) is 49.5. The first-order chi connectivity index (χ1) is 51.6. The van der Waals surface area contributed by atoms with Crippen LogP contribution in [-0.2, 0) is 117 Å². The average Bonchev–Trinajstić information content (AvgIpc) is 0.797. The molecule has 12 aromatic carbocycles. The zero-order chi connectivity index (χ0) is 78.2. The van der Waals surface area contributed by atoms with Gasteiger partial charge in [-0.1, -0.05) is 378 Å². The molecule has 0 aliphatic rings. The number of nitrogens with zero attached hydrogens (tertiary/aromatic N) is 6. The van der Waals surface area contributed by atoms with E-state index < -0.39 is 0 Å². The topological polar surface area (TPSA) is 77.3 Å². The van der Waals surface area contributed by atoms with Crippen LogP contribution >= 0.6 is 0 Å². The monoisotopic (exact) mass is 1670 g/mol. The van der Waals surface area contributed by atoms with Crippen LogP contribution in [0.3, 0.4) is 0 Å². The van der Waals surface area contributed by atoms with E-state index in [-0.39, 0.29) is 98.1 Å². The van der Waals surface area contributed by atoms with Crippen LogP contribution in [0.4, 0.5) is 0 Å². The summed E-state index contributed by atoms with van der Waals surface area (Å²) in [7, 11) is 0. The van der Waals surface area contributed by atoms with Gasteiger partial charge in [-0.05, 0) is 57.9 Å². The number of rotatable bonds is 6. The van der Waals surface area contributed by atoms with Crippen molar-refractivity contribution in [1.29, 1.82) is 0 Å². The van der Waals surface area contributed by atoms with Crippen molar-refractivity contribution in [2.45, 2.75) is 224 Å². The van der Waals surface area contributed by atoms with Crippen molar-refractivity contribution in [2.24, 2.45) is 0 Å². The van der Waals surface area contributed by atoms with Crippen molar-refractivity contribution in [3.05, 3.63) is 289 Å². The fourth-order valence-electron chi connectivity index (χ4n) is 9.89. The van der Waals surface area contributed by atoms with Crippen LogP contribution in [0.1, 0.15) is 238 Å². The van der Waals surface area contributed by atoms with Crippen molar-refractivity contribution in [1.82, 2.24) is 29.9 Å². The van der Waals surface area contributed by atoms with Gasteiger partial charge in [-0.25, -0.2) is 0 Å². The molecule has 567 valence electrons. The Hall–Kier alpha value is -6.47. The Kier molecular flexibility index (Phi) is 64.9. The van der Waals surface area contributed by atoms with E-state index in [0.717, 1.165) is 93.8 Å². The molecule has 0 amide bonds. The molecule has 0 saturated heterocycles. The van der Waals surface area contributed by atoms with Gasteiger partial charge in [0.2, 0.25) is 0 Å². The summed E-state index contributed by atoms with van der Waals surface area (Å²) in [5, 5.41) is 14.0. The van der Waals surface area contributed by atoms with Crippen LogP contribution in [0, 0.1) is 36.8 Å². The molecule has 0 unspecified atom stereocenters. The van der Waals surface area contributed by atoms with Crippen LogP contribution in [0.25, 0.3) is 97.7 Å². The Labute approximate surface area is 730 Å². The minimum absolute atomic E-state index is 0. The second-order valence-corrected chi connectivity index (χ2v) is 22.8. The van der Waals surface area contributed by atoms with E-state index in [9.17, 15) is 0 Å². The molecule has 0 aliphatic carbocycles. The summed E-state index contributed by atoms with van der Waals surface area (Å²) in [6.07, 6.45) is 18.9. The molecule has 0 atom stereocenters. The molecule has 3 radical (unpaired) electrons. The zero-order valence-electron chi connectivity index (χ0n) is 70.6.